The molecule has 34 heavy (non-hydrogen) atoms. The molecule has 0 fully saturated rings. The summed E-state index contributed by atoms with van der Waals surface area (Å²) in [6.45, 7) is 2.13. The lowest BCUT2D eigenvalue weighted by Gasteiger charge is -2.14. The van der Waals surface area contributed by atoms with Crippen molar-refractivity contribution < 1.29 is 9.53 Å². The van der Waals surface area contributed by atoms with Gasteiger partial charge in [-0.1, -0.05) is 115 Å². The molecule has 0 aliphatic carbocycles. The van der Waals surface area contributed by atoms with Gasteiger partial charge in [-0.25, -0.2) is 0 Å². The molecular formula is C30H30N2O2. The monoisotopic (exact) mass is 450 g/mol. The third kappa shape index (κ3) is 6.99. The lowest BCUT2D eigenvalue weighted by atomic mass is 9.95. The summed E-state index contributed by atoms with van der Waals surface area (Å²) in [7, 11) is 0. The van der Waals surface area contributed by atoms with Crippen molar-refractivity contribution in [3.63, 3.8) is 0 Å². The molecule has 3 N–H and O–H groups in total. The van der Waals surface area contributed by atoms with Crippen LogP contribution in [0, 0.1) is 5.41 Å². The molecule has 4 heteroatoms. The molecule has 4 aromatic carbocycles. The Bertz CT molecular complexity index is 1130. The maximum Gasteiger partial charge on any atom is 0.323 e. The third-order valence-corrected chi connectivity index (χ3v) is 5.26. The minimum atomic E-state index is -0.625. The summed E-state index contributed by atoms with van der Waals surface area (Å²) in [5.74, 6) is -0.352. The summed E-state index contributed by atoms with van der Waals surface area (Å²) in [5.41, 5.74) is 11.7. The van der Waals surface area contributed by atoms with Crippen molar-refractivity contribution in [1.29, 1.82) is 5.41 Å². The molecule has 0 radical (unpaired) electrons. The first kappa shape index (κ1) is 24.6. The maximum absolute atomic E-state index is 11.6. The van der Waals surface area contributed by atoms with E-state index >= 15 is 0 Å². The van der Waals surface area contributed by atoms with Gasteiger partial charge in [0.1, 0.15) is 6.04 Å². The average molecular weight is 451 g/mol. The van der Waals surface area contributed by atoms with Gasteiger partial charge >= 0.3 is 5.97 Å². The summed E-state index contributed by atoms with van der Waals surface area (Å²) >= 11 is 0. The quantitative estimate of drug-likeness (QED) is 0.272. The number of esters is 1. The topological polar surface area (TPSA) is 76.2 Å². The number of benzene rings is 4. The van der Waals surface area contributed by atoms with Crippen molar-refractivity contribution in [1.82, 2.24) is 0 Å². The fraction of sp³-hybridized carbons (Fsp3) is 0.133. The molecule has 1 atom stereocenters. The molecule has 0 saturated heterocycles. The van der Waals surface area contributed by atoms with Crippen LogP contribution in [0.1, 0.15) is 23.6 Å². The number of nitrogens with two attached hydrogens (primary N) is 1. The van der Waals surface area contributed by atoms with Gasteiger partial charge in [-0.3, -0.25) is 10.2 Å². The maximum atomic E-state index is 11.6. The van der Waals surface area contributed by atoms with Crippen molar-refractivity contribution in [3.8, 4) is 11.1 Å². The second-order valence-corrected chi connectivity index (χ2v) is 7.69. The van der Waals surface area contributed by atoms with Gasteiger partial charge in [0, 0.05) is 0 Å². The summed E-state index contributed by atoms with van der Waals surface area (Å²) in [6, 6.07) is 37.0. The zero-order valence-electron chi connectivity index (χ0n) is 19.4. The van der Waals surface area contributed by atoms with E-state index in [4.69, 9.17) is 15.9 Å². The van der Waals surface area contributed by atoms with Crippen LogP contribution in [0.4, 0.5) is 0 Å². The molecule has 4 rings (SSSR count). The van der Waals surface area contributed by atoms with E-state index in [2.05, 4.69) is 12.1 Å². The number of hydrogen-bond acceptors (Lipinski definition) is 4. The van der Waals surface area contributed by atoms with E-state index in [0.717, 1.165) is 27.8 Å². The summed E-state index contributed by atoms with van der Waals surface area (Å²) in [6.07, 6.45) is 0.476. The number of carbonyl (C=O) groups excluding carboxylic acids is 1. The Hall–Kier alpha value is -4.02. The summed E-state index contributed by atoms with van der Waals surface area (Å²) < 4.78 is 4.96. The van der Waals surface area contributed by atoms with Gasteiger partial charge < -0.3 is 10.5 Å². The Labute approximate surface area is 201 Å². The highest BCUT2D eigenvalue weighted by Crippen LogP contribution is 2.24. The molecule has 0 bridgehead atoms. The third-order valence-electron chi connectivity index (χ3n) is 5.26. The van der Waals surface area contributed by atoms with Crippen LogP contribution in [0.5, 0.6) is 0 Å². The molecule has 0 amide bonds. The van der Waals surface area contributed by atoms with Gasteiger partial charge in [-0.05, 0) is 41.2 Å². The van der Waals surface area contributed by atoms with Crippen LogP contribution >= 0.6 is 0 Å². The van der Waals surface area contributed by atoms with E-state index in [9.17, 15) is 4.79 Å². The first-order valence-electron chi connectivity index (χ1n) is 11.3. The molecule has 4 aromatic rings. The second kappa shape index (κ2) is 12.9. The van der Waals surface area contributed by atoms with Crippen molar-refractivity contribution in [3.05, 3.63) is 132 Å². The van der Waals surface area contributed by atoms with Crippen LogP contribution in [0.25, 0.3) is 11.1 Å². The van der Waals surface area contributed by atoms with Gasteiger partial charge in [0.2, 0.25) is 0 Å². The Kier molecular flexibility index (Phi) is 9.32. The van der Waals surface area contributed by atoms with Gasteiger partial charge in [0.15, 0.2) is 0 Å². The molecule has 0 heterocycles. The fourth-order valence-electron chi connectivity index (χ4n) is 3.54. The van der Waals surface area contributed by atoms with E-state index < -0.39 is 6.04 Å². The SMILES string of the molecule is CCOC(=O)C(N)Cc1ccccc1-c1ccccc1.N=C(c1ccccc1)c1ccccc1. The molecule has 0 spiro atoms. The van der Waals surface area contributed by atoms with Crippen LogP contribution in [-0.2, 0) is 16.0 Å². The Morgan fingerprint density at radius 3 is 1.76 bits per heavy atom. The second-order valence-electron chi connectivity index (χ2n) is 7.69. The molecule has 0 aromatic heterocycles. The fourth-order valence-corrected chi connectivity index (χ4v) is 3.54. The normalized spacial score (nSPS) is 11.0. The van der Waals surface area contributed by atoms with E-state index in [-0.39, 0.29) is 5.97 Å². The van der Waals surface area contributed by atoms with Crippen LogP contribution in [-0.4, -0.2) is 24.3 Å². The van der Waals surface area contributed by atoms with Crippen LogP contribution in [0.3, 0.4) is 0 Å². The molecular weight excluding hydrogens is 420 g/mol. The van der Waals surface area contributed by atoms with E-state index in [1.807, 2.05) is 103 Å². The number of carbonyl (C=O) groups is 1. The lowest BCUT2D eigenvalue weighted by molar-refractivity contribution is -0.144. The summed E-state index contributed by atoms with van der Waals surface area (Å²) in [4.78, 5) is 11.6. The minimum Gasteiger partial charge on any atom is -0.465 e. The van der Waals surface area contributed by atoms with Gasteiger partial charge in [-0.2, -0.15) is 0 Å². The molecule has 4 nitrogen and oxygen atoms in total. The summed E-state index contributed by atoms with van der Waals surface area (Å²) in [5, 5.41) is 7.97. The number of rotatable bonds is 7. The number of hydrogen-bond donors (Lipinski definition) is 2. The van der Waals surface area contributed by atoms with Crippen molar-refractivity contribution >= 4 is 11.7 Å². The predicted molar refractivity (Wildman–Crippen MR) is 139 cm³/mol. The zero-order chi connectivity index (χ0) is 24.2. The van der Waals surface area contributed by atoms with E-state index in [1.54, 1.807) is 6.92 Å². The van der Waals surface area contributed by atoms with Crippen molar-refractivity contribution in [2.45, 2.75) is 19.4 Å². The first-order valence-corrected chi connectivity index (χ1v) is 11.3. The Morgan fingerprint density at radius 2 is 1.24 bits per heavy atom. The standard InChI is InChI=1S/C17H19NO2.C13H11N/c1-2-20-17(19)16(18)12-14-10-6-7-11-15(14)13-8-4-3-5-9-13;14-13(11-7-3-1-4-8-11)12-9-5-2-6-10-12/h3-11,16H,2,12,18H2,1H3;1-10,14H. The first-order chi connectivity index (χ1) is 16.6. The Balaban J connectivity index is 0.000000202. The highest BCUT2D eigenvalue weighted by Gasteiger charge is 2.17. The van der Waals surface area contributed by atoms with Crippen molar-refractivity contribution in [2.24, 2.45) is 5.73 Å². The van der Waals surface area contributed by atoms with Gasteiger partial charge in [-0.15, -0.1) is 0 Å². The Morgan fingerprint density at radius 1 is 0.765 bits per heavy atom. The predicted octanol–water partition coefficient (Wildman–Crippen LogP) is 5.89. The smallest absolute Gasteiger partial charge is 0.323 e. The lowest BCUT2D eigenvalue weighted by Crippen LogP contribution is -2.34. The highest BCUT2D eigenvalue weighted by atomic mass is 16.5. The largest absolute Gasteiger partial charge is 0.465 e. The average Bonchev–Trinajstić information content (AvgIpc) is 2.90. The molecule has 172 valence electrons. The van der Waals surface area contributed by atoms with E-state index in [1.165, 1.54) is 0 Å². The number of nitrogens with one attached hydrogen (secondary N) is 1. The van der Waals surface area contributed by atoms with Crippen LogP contribution < -0.4 is 5.73 Å². The van der Waals surface area contributed by atoms with E-state index in [0.29, 0.717) is 18.7 Å². The molecule has 1 unspecified atom stereocenters. The molecule has 0 aliphatic rings. The molecule has 0 aliphatic heterocycles. The zero-order valence-corrected chi connectivity index (χ0v) is 19.4. The number of ether oxygens (including phenoxy) is 1. The van der Waals surface area contributed by atoms with Gasteiger partial charge in [0.05, 0.1) is 12.3 Å². The van der Waals surface area contributed by atoms with Crippen molar-refractivity contribution in [2.75, 3.05) is 6.61 Å². The van der Waals surface area contributed by atoms with Crippen LogP contribution in [0.15, 0.2) is 115 Å². The highest BCUT2D eigenvalue weighted by molar-refractivity contribution is 6.10. The van der Waals surface area contributed by atoms with Crippen LogP contribution in [0.2, 0.25) is 0 Å². The molecule has 0 saturated carbocycles. The minimum absolute atomic E-state index is 0.352. The van der Waals surface area contributed by atoms with Gasteiger partial charge in [0.25, 0.3) is 0 Å².